The Balaban J connectivity index is 1.84. The monoisotopic (exact) mass is 329 g/mol. The van der Waals surface area contributed by atoms with Gasteiger partial charge in [0.15, 0.2) is 0 Å². The van der Waals surface area contributed by atoms with Gasteiger partial charge in [0, 0.05) is 10.2 Å². The summed E-state index contributed by atoms with van der Waals surface area (Å²) in [6.07, 6.45) is 2.66. The van der Waals surface area contributed by atoms with E-state index in [9.17, 15) is 0 Å². The third-order valence-corrected chi connectivity index (χ3v) is 4.88. The highest BCUT2D eigenvalue weighted by Gasteiger charge is 2.32. The number of aryl methyl sites for hydroxylation is 2. The van der Waals surface area contributed by atoms with Crippen LogP contribution < -0.4 is 5.32 Å². The summed E-state index contributed by atoms with van der Waals surface area (Å²) < 4.78 is 1.17. The average molecular weight is 330 g/mol. The predicted molar refractivity (Wildman–Crippen MR) is 89.1 cm³/mol. The summed E-state index contributed by atoms with van der Waals surface area (Å²) in [7, 11) is 0. The molecule has 0 aliphatic heterocycles. The van der Waals surface area contributed by atoms with Crippen LogP contribution in [0.2, 0.25) is 0 Å². The Morgan fingerprint density at radius 3 is 2.35 bits per heavy atom. The summed E-state index contributed by atoms with van der Waals surface area (Å²) in [5.74, 6) is 0.776. The van der Waals surface area contributed by atoms with Crippen molar-refractivity contribution < 1.29 is 0 Å². The second kappa shape index (κ2) is 5.61. The van der Waals surface area contributed by atoms with Crippen LogP contribution in [0.1, 0.15) is 35.6 Å². The first-order valence-electron chi connectivity index (χ1n) is 7.23. The molecule has 0 radical (unpaired) electrons. The van der Waals surface area contributed by atoms with E-state index in [0.717, 1.165) is 5.92 Å². The second-order valence-corrected chi connectivity index (χ2v) is 6.69. The normalized spacial score (nSPS) is 15.9. The van der Waals surface area contributed by atoms with Crippen molar-refractivity contribution in [2.75, 3.05) is 5.32 Å². The molecule has 0 bridgehead atoms. The molecule has 0 aromatic heterocycles. The van der Waals surface area contributed by atoms with Crippen molar-refractivity contribution in [2.45, 2.75) is 32.7 Å². The lowest BCUT2D eigenvalue weighted by Crippen LogP contribution is -2.13. The Labute approximate surface area is 129 Å². The van der Waals surface area contributed by atoms with Crippen LogP contribution in [0.15, 0.2) is 46.9 Å². The highest BCUT2D eigenvalue weighted by molar-refractivity contribution is 9.10. The van der Waals surface area contributed by atoms with E-state index in [4.69, 9.17) is 0 Å². The van der Waals surface area contributed by atoms with Gasteiger partial charge in [0.05, 0.1) is 6.04 Å². The minimum absolute atomic E-state index is 0.435. The molecule has 3 rings (SSSR count). The quantitative estimate of drug-likeness (QED) is 0.766. The van der Waals surface area contributed by atoms with Gasteiger partial charge in [-0.15, -0.1) is 0 Å². The zero-order chi connectivity index (χ0) is 14.1. The molecule has 1 atom stereocenters. The van der Waals surface area contributed by atoms with Gasteiger partial charge in [-0.2, -0.15) is 0 Å². The van der Waals surface area contributed by atoms with E-state index in [2.05, 4.69) is 77.6 Å². The van der Waals surface area contributed by atoms with Crippen LogP contribution >= 0.6 is 15.9 Å². The maximum Gasteiger partial charge on any atom is 0.0542 e. The summed E-state index contributed by atoms with van der Waals surface area (Å²) in [6.45, 7) is 4.26. The summed E-state index contributed by atoms with van der Waals surface area (Å²) in [6, 6.07) is 15.9. The van der Waals surface area contributed by atoms with Crippen LogP contribution in [0.25, 0.3) is 0 Å². The molecule has 0 spiro atoms. The summed E-state index contributed by atoms with van der Waals surface area (Å²) in [4.78, 5) is 0. The van der Waals surface area contributed by atoms with Gasteiger partial charge in [0.2, 0.25) is 0 Å². The highest BCUT2D eigenvalue weighted by Crippen LogP contribution is 2.43. The van der Waals surface area contributed by atoms with E-state index in [1.807, 2.05) is 0 Å². The Morgan fingerprint density at radius 1 is 1.05 bits per heavy atom. The van der Waals surface area contributed by atoms with E-state index < -0.39 is 0 Å². The van der Waals surface area contributed by atoms with Crippen molar-refractivity contribution in [2.24, 2.45) is 5.92 Å². The van der Waals surface area contributed by atoms with Gasteiger partial charge in [-0.1, -0.05) is 51.8 Å². The van der Waals surface area contributed by atoms with Crippen LogP contribution in [-0.4, -0.2) is 0 Å². The van der Waals surface area contributed by atoms with E-state index in [0.29, 0.717) is 6.04 Å². The summed E-state index contributed by atoms with van der Waals surface area (Å²) in [5.41, 5.74) is 5.19. The predicted octanol–water partition coefficient (Wildman–Crippen LogP) is 5.63. The van der Waals surface area contributed by atoms with Crippen LogP contribution in [-0.2, 0) is 0 Å². The maximum atomic E-state index is 3.71. The maximum absolute atomic E-state index is 3.71. The molecule has 1 fully saturated rings. The molecule has 1 aliphatic rings. The molecule has 2 heteroatoms. The number of halogens is 1. The van der Waals surface area contributed by atoms with Gasteiger partial charge in [-0.3, -0.25) is 0 Å². The first kappa shape index (κ1) is 13.7. The van der Waals surface area contributed by atoms with Gasteiger partial charge in [0.1, 0.15) is 0 Å². The summed E-state index contributed by atoms with van der Waals surface area (Å²) >= 11 is 3.61. The van der Waals surface area contributed by atoms with Crippen molar-refractivity contribution in [3.05, 3.63) is 63.6 Å². The molecule has 1 unspecified atom stereocenters. The van der Waals surface area contributed by atoms with Gasteiger partial charge >= 0.3 is 0 Å². The Kier molecular flexibility index (Phi) is 3.84. The molecule has 1 saturated carbocycles. The van der Waals surface area contributed by atoms with E-state index in [1.165, 1.54) is 39.7 Å². The Hall–Kier alpha value is -1.28. The number of hydrogen-bond acceptors (Lipinski definition) is 1. The van der Waals surface area contributed by atoms with Crippen molar-refractivity contribution in [1.82, 2.24) is 0 Å². The largest absolute Gasteiger partial charge is 0.378 e. The van der Waals surface area contributed by atoms with Crippen LogP contribution in [0, 0.1) is 19.8 Å². The molecule has 2 aromatic rings. The van der Waals surface area contributed by atoms with Gasteiger partial charge in [-0.05, 0) is 55.9 Å². The fraction of sp³-hybridized carbons (Fsp3) is 0.333. The fourth-order valence-electron chi connectivity index (χ4n) is 2.54. The number of anilines is 1. The molecule has 20 heavy (non-hydrogen) atoms. The minimum Gasteiger partial charge on any atom is -0.378 e. The third-order valence-electron chi connectivity index (χ3n) is 4.02. The van der Waals surface area contributed by atoms with Crippen molar-refractivity contribution in [1.29, 1.82) is 0 Å². The molecular weight excluding hydrogens is 310 g/mol. The highest BCUT2D eigenvalue weighted by atomic mass is 79.9. The average Bonchev–Trinajstić information content (AvgIpc) is 3.26. The summed E-state index contributed by atoms with van der Waals surface area (Å²) in [5, 5.41) is 3.71. The van der Waals surface area contributed by atoms with Gasteiger partial charge in [-0.25, -0.2) is 0 Å². The molecule has 1 nitrogen and oxygen atoms in total. The van der Waals surface area contributed by atoms with Crippen LogP contribution in [0.3, 0.4) is 0 Å². The Morgan fingerprint density at radius 2 is 1.75 bits per heavy atom. The minimum atomic E-state index is 0.435. The molecule has 104 valence electrons. The van der Waals surface area contributed by atoms with Crippen LogP contribution in [0.4, 0.5) is 5.69 Å². The van der Waals surface area contributed by atoms with Crippen LogP contribution in [0.5, 0.6) is 0 Å². The first-order valence-corrected chi connectivity index (χ1v) is 8.02. The SMILES string of the molecule is Cc1ccc(C(Nc2ccc(C)c(Br)c2)C2CC2)cc1. The lowest BCUT2D eigenvalue weighted by molar-refractivity contribution is 0.679. The number of nitrogens with one attached hydrogen (secondary N) is 1. The Bertz CT molecular complexity index is 599. The molecular formula is C18H20BrN. The zero-order valence-electron chi connectivity index (χ0n) is 12.0. The van der Waals surface area contributed by atoms with Gasteiger partial charge in [0.25, 0.3) is 0 Å². The lowest BCUT2D eigenvalue weighted by Gasteiger charge is -2.21. The molecule has 0 heterocycles. The standard InChI is InChI=1S/C18H20BrN/c1-12-3-6-14(7-4-12)18(15-8-9-15)20-16-10-5-13(2)17(19)11-16/h3-7,10-11,15,18,20H,8-9H2,1-2H3. The van der Waals surface area contributed by atoms with E-state index in [-0.39, 0.29) is 0 Å². The first-order chi connectivity index (χ1) is 9.63. The molecule has 1 N–H and O–H groups in total. The third kappa shape index (κ3) is 3.06. The second-order valence-electron chi connectivity index (χ2n) is 5.83. The fourth-order valence-corrected chi connectivity index (χ4v) is 2.92. The topological polar surface area (TPSA) is 12.0 Å². The molecule has 1 aliphatic carbocycles. The van der Waals surface area contributed by atoms with Crippen molar-refractivity contribution in [3.8, 4) is 0 Å². The molecule has 2 aromatic carbocycles. The van der Waals surface area contributed by atoms with E-state index >= 15 is 0 Å². The van der Waals surface area contributed by atoms with Gasteiger partial charge < -0.3 is 5.32 Å². The number of rotatable bonds is 4. The van der Waals surface area contributed by atoms with Crippen molar-refractivity contribution >= 4 is 21.6 Å². The molecule has 0 saturated heterocycles. The number of hydrogen-bond donors (Lipinski definition) is 1. The molecule has 0 amide bonds. The van der Waals surface area contributed by atoms with E-state index in [1.54, 1.807) is 0 Å². The zero-order valence-corrected chi connectivity index (χ0v) is 13.6. The lowest BCUT2D eigenvalue weighted by atomic mass is 10.0. The number of benzene rings is 2. The van der Waals surface area contributed by atoms with Crippen molar-refractivity contribution in [3.63, 3.8) is 0 Å². The smallest absolute Gasteiger partial charge is 0.0542 e.